The maximum Gasteiger partial charge on any atom is 0.267 e. The van der Waals surface area contributed by atoms with E-state index >= 15 is 0 Å². The third-order valence-electron chi connectivity index (χ3n) is 4.02. The first kappa shape index (κ1) is 28.3. The smallest absolute Gasteiger partial charge is 0.267 e. The monoisotopic (exact) mass is 522 g/mol. The van der Waals surface area contributed by atoms with Gasteiger partial charge in [-0.05, 0) is 12.1 Å². The summed E-state index contributed by atoms with van der Waals surface area (Å²) >= 11 is 0. The van der Waals surface area contributed by atoms with E-state index in [4.69, 9.17) is 20.6 Å². The number of hydrogen-bond donors (Lipinski definition) is 6. The molecule has 2 atom stereocenters. The Morgan fingerprint density at radius 3 is 1.26 bits per heavy atom. The Kier molecular flexibility index (Phi) is 9.09. The van der Waals surface area contributed by atoms with E-state index in [0.29, 0.717) is 12.1 Å². The highest BCUT2D eigenvalue weighted by molar-refractivity contribution is 7.86. The van der Waals surface area contributed by atoms with Crippen LogP contribution in [-0.4, -0.2) is 85.7 Å². The minimum absolute atomic E-state index is 0.0477. The van der Waals surface area contributed by atoms with Gasteiger partial charge in [-0.1, -0.05) is 0 Å². The van der Waals surface area contributed by atoms with Gasteiger partial charge in [0.05, 0.1) is 11.1 Å². The Bertz CT molecular complexity index is 1160. The van der Waals surface area contributed by atoms with E-state index in [0.717, 1.165) is 0 Å². The van der Waals surface area contributed by atoms with Crippen LogP contribution in [0.3, 0.4) is 0 Å². The third kappa shape index (κ3) is 8.31. The van der Waals surface area contributed by atoms with Crippen molar-refractivity contribution in [3.63, 3.8) is 0 Å². The van der Waals surface area contributed by atoms with E-state index < -0.39 is 89.7 Å². The van der Waals surface area contributed by atoms with Gasteiger partial charge in [0.1, 0.15) is 23.6 Å². The van der Waals surface area contributed by atoms with Crippen LogP contribution in [0.5, 0.6) is 0 Å². The molecule has 1 rings (SSSR count). The lowest BCUT2D eigenvalue weighted by Gasteiger charge is -2.17. The lowest BCUT2D eigenvalue weighted by molar-refractivity contribution is -0.120. The Labute approximate surface area is 191 Å². The van der Waals surface area contributed by atoms with Gasteiger partial charge in [-0.25, -0.2) is 0 Å². The molecule has 18 heteroatoms. The normalized spacial score (nSPS) is 13.2. The molecule has 0 aliphatic heterocycles. The zero-order valence-electron chi connectivity index (χ0n) is 16.8. The van der Waals surface area contributed by atoms with Crippen molar-refractivity contribution in [2.45, 2.75) is 12.1 Å². The second kappa shape index (κ2) is 10.9. The summed E-state index contributed by atoms with van der Waals surface area (Å²) in [6.45, 7) is 0. The third-order valence-corrected chi connectivity index (χ3v) is 5.53. The van der Waals surface area contributed by atoms with Crippen LogP contribution in [0.25, 0.3) is 0 Å². The van der Waals surface area contributed by atoms with Gasteiger partial charge in [0.2, 0.25) is 11.8 Å². The van der Waals surface area contributed by atoms with Crippen molar-refractivity contribution in [1.82, 2.24) is 10.6 Å². The highest BCUT2D eigenvalue weighted by Gasteiger charge is 2.28. The van der Waals surface area contributed by atoms with Crippen LogP contribution < -0.4 is 22.1 Å². The molecule has 0 aliphatic rings. The maximum atomic E-state index is 12.5. The topological polar surface area (TPSA) is 287 Å². The summed E-state index contributed by atoms with van der Waals surface area (Å²) in [4.78, 5) is 70.6. The Morgan fingerprint density at radius 2 is 1.06 bits per heavy atom. The molecule has 0 fully saturated rings. The van der Waals surface area contributed by atoms with Crippen LogP contribution in [0.4, 0.5) is 0 Å². The van der Waals surface area contributed by atoms with Crippen LogP contribution in [0.2, 0.25) is 0 Å². The minimum Gasteiger partial charge on any atom is -0.368 e. The fraction of sp³-hybridized carbons (Fsp3) is 0.250. The molecule has 8 N–H and O–H groups in total. The van der Waals surface area contributed by atoms with E-state index in [-0.39, 0.29) is 12.6 Å². The molecule has 0 unspecified atom stereocenters. The summed E-state index contributed by atoms with van der Waals surface area (Å²) in [5.41, 5.74) is 7.59. The van der Waals surface area contributed by atoms with Crippen molar-refractivity contribution >= 4 is 56.4 Å². The van der Waals surface area contributed by atoms with Crippen LogP contribution in [-0.2, 0) is 29.8 Å². The van der Waals surface area contributed by atoms with E-state index in [1.807, 2.05) is 10.6 Å². The number of nitrogens with two attached hydrogens (primary N) is 2. The van der Waals surface area contributed by atoms with Gasteiger partial charge in [-0.2, -0.15) is 16.8 Å². The van der Waals surface area contributed by atoms with Gasteiger partial charge in [0.25, 0.3) is 32.1 Å². The Balaban J connectivity index is 3.39. The second-order valence-corrected chi connectivity index (χ2v) is 9.61. The van der Waals surface area contributed by atoms with E-state index in [1.165, 1.54) is 0 Å². The number of benzene rings is 1. The number of hydrogen-bond acceptors (Lipinski definition) is 10. The molecule has 186 valence electrons. The molecular formula is C16H18N4O12S2. The van der Waals surface area contributed by atoms with Crippen molar-refractivity contribution in [2.24, 2.45) is 11.5 Å². The Morgan fingerprint density at radius 1 is 0.765 bits per heavy atom. The highest BCUT2D eigenvalue weighted by Crippen LogP contribution is 2.16. The molecule has 1 aromatic carbocycles. The zero-order chi connectivity index (χ0) is 26.4. The fourth-order valence-electron chi connectivity index (χ4n) is 2.50. The molecule has 1 aromatic rings. The first-order valence-electron chi connectivity index (χ1n) is 8.68. The van der Waals surface area contributed by atoms with Gasteiger partial charge in [-0.3, -0.25) is 37.9 Å². The summed E-state index contributed by atoms with van der Waals surface area (Å²) in [5.74, 6) is -7.89. The van der Waals surface area contributed by atoms with Gasteiger partial charge >= 0.3 is 0 Å². The number of carbonyl (C=O) groups excluding carboxylic acids is 6. The van der Waals surface area contributed by atoms with Crippen LogP contribution in [0.15, 0.2) is 12.1 Å². The summed E-state index contributed by atoms with van der Waals surface area (Å²) in [6.07, 6.45) is 0.0954. The molecule has 0 spiro atoms. The van der Waals surface area contributed by atoms with Crippen molar-refractivity contribution in [3.05, 3.63) is 34.4 Å². The first-order valence-corrected chi connectivity index (χ1v) is 11.9. The quantitative estimate of drug-likeness (QED) is 0.114. The molecule has 0 bridgehead atoms. The number of primary amides is 2. The van der Waals surface area contributed by atoms with Crippen molar-refractivity contribution in [2.75, 3.05) is 11.5 Å². The number of carbonyl (C=O) groups is 6. The number of rotatable bonds is 12. The Hall–Kier alpha value is -3.74. The number of nitrogens with one attached hydrogen (secondary N) is 2. The van der Waals surface area contributed by atoms with Crippen molar-refractivity contribution in [1.29, 1.82) is 0 Å². The maximum absolute atomic E-state index is 12.5. The van der Waals surface area contributed by atoms with Crippen LogP contribution >= 0.6 is 0 Å². The number of amides is 4. The van der Waals surface area contributed by atoms with Gasteiger partial charge in [0.15, 0.2) is 12.6 Å². The second-order valence-electron chi connectivity index (χ2n) is 6.62. The molecule has 16 nitrogen and oxygen atoms in total. The predicted molar refractivity (Wildman–Crippen MR) is 111 cm³/mol. The van der Waals surface area contributed by atoms with Crippen molar-refractivity contribution < 1.29 is 54.7 Å². The predicted octanol–water partition coefficient (Wildman–Crippen LogP) is -3.75. The summed E-state index contributed by atoms with van der Waals surface area (Å²) in [6, 6.07) is -2.45. The molecule has 0 heterocycles. The molecule has 0 aliphatic carbocycles. The molecule has 4 amide bonds. The van der Waals surface area contributed by atoms with Gasteiger partial charge in [0, 0.05) is 11.1 Å². The first-order chi connectivity index (χ1) is 15.5. The fourth-order valence-corrected chi connectivity index (χ4v) is 3.84. The largest absolute Gasteiger partial charge is 0.368 e. The zero-order valence-corrected chi connectivity index (χ0v) is 18.5. The van der Waals surface area contributed by atoms with Crippen molar-refractivity contribution in [3.8, 4) is 0 Å². The summed E-state index contributed by atoms with van der Waals surface area (Å²) in [5, 5.41) is 3.71. The molecule has 0 aromatic heterocycles. The molecule has 34 heavy (non-hydrogen) atoms. The SMILES string of the molecule is NC(=O)[C@@H](CS(=O)(=O)O)NC(=O)c1cc(C=O)c(C(=O)N[C@H](CS(=O)(=O)O)C(N)=O)cc1C=O. The lowest BCUT2D eigenvalue weighted by Crippen LogP contribution is -2.49. The molecular weight excluding hydrogens is 504 g/mol. The van der Waals surface area contributed by atoms with Crippen LogP contribution in [0.1, 0.15) is 41.4 Å². The number of aldehydes is 2. The van der Waals surface area contributed by atoms with E-state index in [2.05, 4.69) is 0 Å². The van der Waals surface area contributed by atoms with E-state index in [1.54, 1.807) is 0 Å². The van der Waals surface area contributed by atoms with Gasteiger partial charge < -0.3 is 22.1 Å². The average molecular weight is 522 g/mol. The summed E-state index contributed by atoms with van der Waals surface area (Å²) < 4.78 is 61.7. The lowest BCUT2D eigenvalue weighted by atomic mass is 9.98. The highest BCUT2D eigenvalue weighted by atomic mass is 32.2. The van der Waals surface area contributed by atoms with Gasteiger partial charge in [-0.15, -0.1) is 0 Å². The van der Waals surface area contributed by atoms with E-state index in [9.17, 15) is 45.6 Å². The minimum atomic E-state index is -4.77. The molecule has 0 saturated heterocycles. The van der Waals surface area contributed by atoms with Crippen LogP contribution in [0, 0.1) is 0 Å². The summed E-state index contributed by atoms with van der Waals surface area (Å²) in [7, 11) is -9.53. The molecule has 0 saturated carbocycles. The average Bonchev–Trinajstić information content (AvgIpc) is 2.69. The standard InChI is InChI=1S/C16H18N4O12S2/c17-13(23)11(5-33(27,28)29)19-15(25)9-1-7(3-21)10(2-8(9)4-22)16(26)20-12(14(18)24)6-34(30,31)32/h1-4,11-12H,5-6H2,(H2,17,23)(H2,18,24)(H,19,25)(H,20,26)(H,27,28,29)(H,30,31,32)/t11-,12-/m1/s1. The molecule has 0 radical (unpaired) electrons.